The molecule has 2 N–H and O–H groups in total. The summed E-state index contributed by atoms with van der Waals surface area (Å²) >= 11 is 0. The van der Waals surface area contributed by atoms with E-state index >= 15 is 0 Å². The van der Waals surface area contributed by atoms with Gasteiger partial charge in [0.2, 0.25) is 5.90 Å². The van der Waals surface area contributed by atoms with Crippen LogP contribution in [0.5, 0.6) is 23.0 Å². The molecule has 1 aliphatic heterocycles. The van der Waals surface area contributed by atoms with Gasteiger partial charge in [-0.25, -0.2) is 4.99 Å². The van der Waals surface area contributed by atoms with Crippen LogP contribution in [0.15, 0.2) is 101 Å². The maximum atomic E-state index is 14.8. The van der Waals surface area contributed by atoms with Crippen molar-refractivity contribution in [2.45, 2.75) is 37.6 Å². The number of hydrogen-bond donors (Lipinski definition) is 2. The molecular weight excluding hydrogens is 626 g/mol. The summed E-state index contributed by atoms with van der Waals surface area (Å²) in [6, 6.07) is 27.6. The van der Waals surface area contributed by atoms with E-state index in [1.165, 1.54) is 0 Å². The predicted octanol–water partition coefficient (Wildman–Crippen LogP) is 6.10. The molecule has 0 fully saturated rings. The molecule has 254 valence electrons. The van der Waals surface area contributed by atoms with Crippen LogP contribution in [0.2, 0.25) is 0 Å². The molecule has 4 aromatic carbocycles. The van der Waals surface area contributed by atoms with E-state index in [0.717, 1.165) is 16.7 Å². The third kappa shape index (κ3) is 8.06. The highest BCUT2D eigenvalue weighted by molar-refractivity contribution is 6.01. The summed E-state index contributed by atoms with van der Waals surface area (Å²) in [7, 11) is 4.70. The molecule has 49 heavy (non-hydrogen) atoms. The normalized spacial score (nSPS) is 16.5. The van der Waals surface area contributed by atoms with Crippen molar-refractivity contribution in [2.24, 2.45) is 10.1 Å². The number of ether oxygens (including phenoxy) is 5. The van der Waals surface area contributed by atoms with Gasteiger partial charge in [0.25, 0.3) is 5.91 Å². The SMILES string of the molecule is COc1cccc([C@H]2OC(c3ccc(OCCCO)cc3)=N[C@@]2(Cc2ccccc2CN=[N+]=[N-])C(=O)NCc2ccc(OC)c(OC)c2)c1. The number of amides is 1. The zero-order valence-corrected chi connectivity index (χ0v) is 27.7. The second-order valence-corrected chi connectivity index (χ2v) is 11.3. The minimum atomic E-state index is -1.50. The van der Waals surface area contributed by atoms with Gasteiger partial charge in [-0.3, -0.25) is 4.79 Å². The fraction of sp³-hybridized carbons (Fsp3) is 0.297. The van der Waals surface area contributed by atoms with Gasteiger partial charge in [0, 0.05) is 36.5 Å². The van der Waals surface area contributed by atoms with Crippen molar-refractivity contribution in [2.75, 3.05) is 34.5 Å². The molecule has 1 aliphatic rings. The van der Waals surface area contributed by atoms with Crippen LogP contribution < -0.4 is 24.3 Å². The minimum absolute atomic E-state index is 0.0382. The molecule has 0 spiro atoms. The molecule has 0 saturated carbocycles. The van der Waals surface area contributed by atoms with Crippen molar-refractivity contribution in [3.05, 3.63) is 129 Å². The molecule has 0 saturated heterocycles. The van der Waals surface area contributed by atoms with E-state index < -0.39 is 11.6 Å². The maximum Gasteiger partial charge on any atom is 0.252 e. The number of aliphatic hydroxyl groups excluding tert-OH is 1. The molecule has 12 heteroatoms. The third-order valence-electron chi connectivity index (χ3n) is 8.21. The number of nitrogens with one attached hydrogen (secondary N) is 1. The Morgan fingerprint density at radius 2 is 1.71 bits per heavy atom. The number of carbonyl (C=O) groups is 1. The van der Waals surface area contributed by atoms with Gasteiger partial charge in [0.05, 0.1) is 34.5 Å². The number of rotatable bonds is 16. The highest BCUT2D eigenvalue weighted by Gasteiger charge is 2.53. The van der Waals surface area contributed by atoms with E-state index in [0.29, 0.717) is 47.2 Å². The lowest BCUT2D eigenvalue weighted by Crippen LogP contribution is -2.49. The fourth-order valence-corrected chi connectivity index (χ4v) is 5.70. The Balaban J connectivity index is 1.60. The van der Waals surface area contributed by atoms with Gasteiger partial charge in [0.15, 0.2) is 23.1 Å². The Morgan fingerprint density at radius 3 is 2.43 bits per heavy atom. The van der Waals surface area contributed by atoms with Crippen molar-refractivity contribution in [3.63, 3.8) is 0 Å². The Morgan fingerprint density at radius 1 is 0.939 bits per heavy atom. The summed E-state index contributed by atoms with van der Waals surface area (Å²) in [4.78, 5) is 22.8. The summed E-state index contributed by atoms with van der Waals surface area (Å²) in [6.07, 6.45) is -0.215. The number of aliphatic hydroxyl groups is 1. The third-order valence-corrected chi connectivity index (χ3v) is 8.21. The molecule has 12 nitrogen and oxygen atoms in total. The summed E-state index contributed by atoms with van der Waals surface area (Å²) < 4.78 is 28.8. The quantitative estimate of drug-likeness (QED) is 0.0634. The van der Waals surface area contributed by atoms with Crippen LogP contribution in [0.25, 0.3) is 10.4 Å². The van der Waals surface area contributed by atoms with E-state index in [2.05, 4.69) is 15.3 Å². The average molecular weight is 666 g/mol. The number of carbonyl (C=O) groups excluding carboxylic acids is 1. The number of benzene rings is 4. The molecule has 1 amide bonds. The molecule has 0 unspecified atom stereocenters. The van der Waals surface area contributed by atoms with Crippen LogP contribution in [0, 0.1) is 0 Å². The van der Waals surface area contributed by atoms with Gasteiger partial charge in [0.1, 0.15) is 11.5 Å². The first-order chi connectivity index (χ1) is 23.9. The number of hydrogen-bond acceptors (Lipinski definition) is 9. The number of azide groups is 1. The minimum Gasteiger partial charge on any atom is -0.497 e. The van der Waals surface area contributed by atoms with Crippen molar-refractivity contribution < 1.29 is 33.6 Å². The molecule has 2 atom stereocenters. The molecule has 0 aromatic heterocycles. The molecule has 5 rings (SSSR count). The van der Waals surface area contributed by atoms with E-state index in [1.807, 2.05) is 72.8 Å². The molecule has 0 bridgehead atoms. The maximum absolute atomic E-state index is 14.8. The van der Waals surface area contributed by atoms with Crippen LogP contribution in [0.4, 0.5) is 0 Å². The molecule has 0 radical (unpaired) electrons. The number of aliphatic imine (C=N–C) groups is 1. The van der Waals surface area contributed by atoms with Gasteiger partial charge >= 0.3 is 0 Å². The monoisotopic (exact) mass is 665 g/mol. The zero-order chi connectivity index (χ0) is 34.6. The Kier molecular flexibility index (Phi) is 11.6. The van der Waals surface area contributed by atoms with E-state index in [-0.39, 0.29) is 37.9 Å². The standard InChI is InChI=1S/C37H39N5O7/c1-45-31-11-6-10-27(21-31)34-37(22-28-8-4-5-9-29(28)24-40-42-38,36(44)39-23-25-12-17-32(46-2)33(20-25)47-3)41-35(49-34)26-13-15-30(16-14-26)48-19-7-18-43/h4-6,8-17,20-21,34,43H,7,18-19,22-24H2,1-3H3,(H,39,44)/t34-,37-/m1/s1. The van der Waals surface area contributed by atoms with Gasteiger partial charge < -0.3 is 34.1 Å². The van der Waals surface area contributed by atoms with Crippen LogP contribution in [0.1, 0.15) is 40.3 Å². The van der Waals surface area contributed by atoms with Crippen molar-refractivity contribution >= 4 is 11.8 Å². The Labute approximate surface area is 284 Å². The molecule has 1 heterocycles. The van der Waals surface area contributed by atoms with E-state index in [9.17, 15) is 4.79 Å². The second-order valence-electron chi connectivity index (χ2n) is 11.3. The van der Waals surface area contributed by atoms with Crippen LogP contribution in [-0.4, -0.2) is 57.0 Å². The molecular formula is C37H39N5O7. The van der Waals surface area contributed by atoms with Crippen LogP contribution in [0.3, 0.4) is 0 Å². The summed E-state index contributed by atoms with van der Waals surface area (Å²) in [6.45, 7) is 0.701. The largest absolute Gasteiger partial charge is 0.497 e. The van der Waals surface area contributed by atoms with Gasteiger partial charge in [-0.05, 0) is 76.3 Å². The molecule has 4 aromatic rings. The first-order valence-corrected chi connectivity index (χ1v) is 15.8. The lowest BCUT2D eigenvalue weighted by atomic mass is 9.80. The summed E-state index contributed by atoms with van der Waals surface area (Å²) in [5, 5.41) is 16.0. The smallest absolute Gasteiger partial charge is 0.252 e. The summed E-state index contributed by atoms with van der Waals surface area (Å²) in [5.41, 5.74) is 11.3. The first-order valence-electron chi connectivity index (χ1n) is 15.8. The van der Waals surface area contributed by atoms with Crippen molar-refractivity contribution in [1.29, 1.82) is 0 Å². The second kappa shape index (κ2) is 16.4. The lowest BCUT2D eigenvalue weighted by Gasteiger charge is -2.31. The highest BCUT2D eigenvalue weighted by Crippen LogP contribution is 2.44. The van der Waals surface area contributed by atoms with Crippen LogP contribution >= 0.6 is 0 Å². The zero-order valence-electron chi connectivity index (χ0n) is 27.7. The number of nitrogens with zero attached hydrogens (tertiary/aromatic N) is 4. The fourth-order valence-electron chi connectivity index (χ4n) is 5.70. The molecule has 0 aliphatic carbocycles. The topological polar surface area (TPSA) is 157 Å². The van der Waals surface area contributed by atoms with Crippen molar-refractivity contribution in [3.8, 4) is 23.0 Å². The first kappa shape index (κ1) is 34.6. The predicted molar refractivity (Wildman–Crippen MR) is 184 cm³/mol. The van der Waals surface area contributed by atoms with Crippen molar-refractivity contribution in [1.82, 2.24) is 5.32 Å². The highest BCUT2D eigenvalue weighted by atomic mass is 16.5. The van der Waals surface area contributed by atoms with Gasteiger partial charge in [-0.1, -0.05) is 47.6 Å². The van der Waals surface area contributed by atoms with Gasteiger partial charge in [-0.15, -0.1) is 0 Å². The van der Waals surface area contributed by atoms with Gasteiger partial charge in [-0.2, -0.15) is 0 Å². The number of methoxy groups -OCH3 is 3. The lowest BCUT2D eigenvalue weighted by molar-refractivity contribution is -0.129. The Bertz CT molecular complexity index is 1820. The van der Waals surface area contributed by atoms with E-state index in [1.54, 1.807) is 39.5 Å². The van der Waals surface area contributed by atoms with Crippen LogP contribution in [-0.2, 0) is 29.0 Å². The Hall–Kier alpha value is -5.71. The summed E-state index contributed by atoms with van der Waals surface area (Å²) in [5.74, 6) is 2.26. The average Bonchev–Trinajstić information content (AvgIpc) is 3.54. The van der Waals surface area contributed by atoms with E-state index in [4.69, 9.17) is 39.3 Å².